The second-order valence-corrected chi connectivity index (χ2v) is 6.65. The molecule has 0 fully saturated rings. The molecule has 0 spiro atoms. The highest BCUT2D eigenvalue weighted by Crippen LogP contribution is 2.22. The summed E-state index contributed by atoms with van der Waals surface area (Å²) in [5.74, 6) is -1.21. The number of hydrogen-bond donors (Lipinski definition) is 2. The van der Waals surface area contributed by atoms with Crippen LogP contribution in [0.5, 0.6) is 0 Å². The molecule has 4 nitrogen and oxygen atoms in total. The molecule has 0 aliphatic heterocycles. The molecule has 0 radical (unpaired) electrons. The maximum Gasteiger partial charge on any atom is 0.305 e. The molecule has 1 unspecified atom stereocenters. The Morgan fingerprint density at radius 2 is 1.67 bits per heavy atom. The molecular formula is C19H21NO3S. The van der Waals surface area contributed by atoms with Crippen LogP contribution in [0.3, 0.4) is 0 Å². The van der Waals surface area contributed by atoms with E-state index >= 15 is 0 Å². The first-order valence-corrected chi connectivity index (χ1v) is 8.86. The number of amides is 1. The molecule has 126 valence electrons. The highest BCUT2D eigenvalue weighted by atomic mass is 32.2. The van der Waals surface area contributed by atoms with Gasteiger partial charge in [0.15, 0.2) is 0 Å². The van der Waals surface area contributed by atoms with E-state index in [1.807, 2.05) is 50.4 Å². The number of hydrogen-bond acceptors (Lipinski definition) is 3. The third kappa shape index (κ3) is 4.86. The van der Waals surface area contributed by atoms with E-state index in [4.69, 9.17) is 5.11 Å². The lowest BCUT2D eigenvalue weighted by molar-refractivity contribution is -0.137. The molecule has 1 amide bonds. The largest absolute Gasteiger partial charge is 0.481 e. The predicted molar refractivity (Wildman–Crippen MR) is 96.6 cm³/mol. The number of thioether (sulfide) groups is 1. The minimum atomic E-state index is -0.949. The number of nitrogens with one attached hydrogen (secondary N) is 1. The summed E-state index contributed by atoms with van der Waals surface area (Å²) in [7, 11) is 0. The van der Waals surface area contributed by atoms with Gasteiger partial charge in [0.25, 0.3) is 5.91 Å². The molecular weight excluding hydrogens is 322 g/mol. The van der Waals surface area contributed by atoms with E-state index in [0.29, 0.717) is 5.56 Å². The number of aryl methyl sites for hydroxylation is 2. The van der Waals surface area contributed by atoms with Crippen molar-refractivity contribution in [3.8, 4) is 0 Å². The Kier molecular flexibility index (Phi) is 6.04. The zero-order valence-electron chi connectivity index (χ0n) is 14.0. The van der Waals surface area contributed by atoms with Crippen molar-refractivity contribution in [1.29, 1.82) is 0 Å². The lowest BCUT2D eigenvalue weighted by Crippen LogP contribution is -2.30. The van der Waals surface area contributed by atoms with Gasteiger partial charge in [0.1, 0.15) is 0 Å². The average Bonchev–Trinajstić information content (AvgIpc) is 2.53. The monoisotopic (exact) mass is 343 g/mol. The van der Waals surface area contributed by atoms with Gasteiger partial charge in [-0.3, -0.25) is 9.59 Å². The van der Waals surface area contributed by atoms with E-state index in [1.165, 1.54) is 0 Å². The van der Waals surface area contributed by atoms with E-state index in [0.717, 1.165) is 21.6 Å². The number of benzene rings is 2. The van der Waals surface area contributed by atoms with Crippen molar-refractivity contribution in [3.63, 3.8) is 0 Å². The Labute approximate surface area is 146 Å². The van der Waals surface area contributed by atoms with Gasteiger partial charge >= 0.3 is 5.97 Å². The number of carbonyl (C=O) groups excluding carboxylic acids is 1. The van der Waals surface area contributed by atoms with Crippen molar-refractivity contribution in [2.75, 3.05) is 6.26 Å². The predicted octanol–water partition coefficient (Wildman–Crippen LogP) is 3.97. The molecule has 5 heteroatoms. The molecule has 0 aliphatic carbocycles. The first kappa shape index (κ1) is 18.1. The molecule has 0 heterocycles. The Morgan fingerprint density at radius 1 is 1.08 bits per heavy atom. The molecule has 0 aliphatic rings. The number of carboxylic acid groups (broad SMARTS) is 1. The van der Waals surface area contributed by atoms with Crippen LogP contribution in [0, 0.1) is 13.8 Å². The summed E-state index contributed by atoms with van der Waals surface area (Å²) in [6, 6.07) is 12.6. The van der Waals surface area contributed by atoms with Crippen molar-refractivity contribution in [3.05, 3.63) is 64.7 Å². The van der Waals surface area contributed by atoms with Crippen LogP contribution < -0.4 is 5.32 Å². The zero-order valence-corrected chi connectivity index (χ0v) is 14.8. The van der Waals surface area contributed by atoms with Crippen molar-refractivity contribution < 1.29 is 14.7 Å². The third-order valence-corrected chi connectivity index (χ3v) is 4.43. The van der Waals surface area contributed by atoms with Gasteiger partial charge in [-0.25, -0.2) is 0 Å². The van der Waals surface area contributed by atoms with Crippen molar-refractivity contribution in [2.45, 2.75) is 31.2 Å². The maximum atomic E-state index is 12.5. The van der Waals surface area contributed by atoms with Gasteiger partial charge in [-0.15, -0.1) is 11.8 Å². The fraction of sp³-hybridized carbons (Fsp3) is 0.263. The highest BCUT2D eigenvalue weighted by Gasteiger charge is 2.19. The minimum Gasteiger partial charge on any atom is -0.481 e. The number of carboxylic acids is 1. The fourth-order valence-electron chi connectivity index (χ4n) is 2.61. The first-order valence-electron chi connectivity index (χ1n) is 7.64. The standard InChI is InChI=1S/C19H21NO3S/c1-12-8-13(2)10-15(9-12)19(23)20-17(11-18(21)22)14-4-6-16(24-3)7-5-14/h4-10,17H,11H2,1-3H3,(H,20,23)(H,21,22). The third-order valence-electron chi connectivity index (χ3n) is 3.69. The first-order chi connectivity index (χ1) is 11.4. The Balaban J connectivity index is 2.24. The van der Waals surface area contributed by atoms with Gasteiger partial charge < -0.3 is 10.4 Å². The zero-order chi connectivity index (χ0) is 17.7. The molecule has 24 heavy (non-hydrogen) atoms. The van der Waals surface area contributed by atoms with E-state index in [9.17, 15) is 9.59 Å². The average molecular weight is 343 g/mol. The van der Waals surface area contributed by atoms with Crippen LogP contribution in [0.4, 0.5) is 0 Å². The molecule has 2 N–H and O–H groups in total. The van der Waals surface area contributed by atoms with Gasteiger partial charge in [-0.2, -0.15) is 0 Å². The molecule has 0 aromatic heterocycles. The van der Waals surface area contributed by atoms with E-state index in [2.05, 4.69) is 5.32 Å². The van der Waals surface area contributed by atoms with Crippen LogP contribution in [0.2, 0.25) is 0 Å². The van der Waals surface area contributed by atoms with Gasteiger partial charge in [-0.05, 0) is 49.9 Å². The summed E-state index contributed by atoms with van der Waals surface area (Å²) < 4.78 is 0. The normalized spacial score (nSPS) is 11.8. The molecule has 2 aromatic rings. The van der Waals surface area contributed by atoms with Gasteiger partial charge in [0.2, 0.25) is 0 Å². The second kappa shape index (κ2) is 8.02. The maximum absolute atomic E-state index is 12.5. The molecule has 0 saturated carbocycles. The van der Waals surface area contributed by atoms with Gasteiger partial charge in [0, 0.05) is 10.5 Å². The lowest BCUT2D eigenvalue weighted by Gasteiger charge is -2.18. The Morgan fingerprint density at radius 3 is 2.17 bits per heavy atom. The fourth-order valence-corrected chi connectivity index (χ4v) is 3.02. The van der Waals surface area contributed by atoms with Gasteiger partial charge in [-0.1, -0.05) is 29.3 Å². The summed E-state index contributed by atoms with van der Waals surface area (Å²) in [6.07, 6.45) is 1.82. The molecule has 2 aromatic carbocycles. The number of carbonyl (C=O) groups is 2. The van der Waals surface area contributed by atoms with Crippen LogP contribution in [-0.4, -0.2) is 23.2 Å². The summed E-state index contributed by atoms with van der Waals surface area (Å²) in [4.78, 5) is 24.8. The van der Waals surface area contributed by atoms with E-state index < -0.39 is 12.0 Å². The molecule has 1 atom stereocenters. The highest BCUT2D eigenvalue weighted by molar-refractivity contribution is 7.98. The summed E-state index contributed by atoms with van der Waals surface area (Å²) in [5.41, 5.74) is 3.33. The summed E-state index contributed by atoms with van der Waals surface area (Å²) in [6.45, 7) is 3.86. The molecule has 2 rings (SSSR count). The van der Waals surface area contributed by atoms with E-state index in [1.54, 1.807) is 23.9 Å². The topological polar surface area (TPSA) is 66.4 Å². The van der Waals surface area contributed by atoms with Crippen LogP contribution in [0.1, 0.15) is 39.5 Å². The Bertz CT molecular complexity index is 721. The SMILES string of the molecule is CSc1ccc(C(CC(=O)O)NC(=O)c2cc(C)cc(C)c2)cc1. The summed E-state index contributed by atoms with van der Waals surface area (Å²) in [5, 5.41) is 12.0. The molecule has 0 bridgehead atoms. The quantitative estimate of drug-likeness (QED) is 0.779. The van der Waals surface area contributed by atoms with Crippen molar-refractivity contribution >= 4 is 23.6 Å². The van der Waals surface area contributed by atoms with Crippen LogP contribution in [-0.2, 0) is 4.79 Å². The molecule has 0 saturated heterocycles. The van der Waals surface area contributed by atoms with Crippen LogP contribution in [0.15, 0.2) is 47.4 Å². The minimum absolute atomic E-state index is 0.158. The van der Waals surface area contributed by atoms with Crippen molar-refractivity contribution in [1.82, 2.24) is 5.32 Å². The van der Waals surface area contributed by atoms with E-state index in [-0.39, 0.29) is 12.3 Å². The Hall–Kier alpha value is -2.27. The number of aliphatic carboxylic acids is 1. The smallest absolute Gasteiger partial charge is 0.305 e. The van der Waals surface area contributed by atoms with Crippen molar-refractivity contribution in [2.24, 2.45) is 0 Å². The summed E-state index contributed by atoms with van der Waals surface area (Å²) >= 11 is 1.61. The van der Waals surface area contributed by atoms with Gasteiger partial charge in [0.05, 0.1) is 12.5 Å². The lowest BCUT2D eigenvalue weighted by atomic mass is 10.0. The second-order valence-electron chi connectivity index (χ2n) is 5.77. The van der Waals surface area contributed by atoms with Crippen LogP contribution >= 0.6 is 11.8 Å². The van der Waals surface area contributed by atoms with Crippen LogP contribution in [0.25, 0.3) is 0 Å². The number of rotatable bonds is 6.